The smallest absolute Gasteiger partial charge is 0.435 e. The maximum atomic E-state index is 14.3. The SMILES string of the molecule is O=C(CC1CCN(C(=O)O)C(C(F)(F)F)C1)N1CCc2c(C(F)(F)F)nn(Cc3ccc(Cl)cc3F)c2C1. The summed E-state index contributed by atoms with van der Waals surface area (Å²) in [6.45, 7) is -1.14. The third kappa shape index (κ3) is 5.84. The fraction of sp³-hybridized carbons (Fsp3) is 0.522. The van der Waals surface area contributed by atoms with Gasteiger partial charge in [-0.15, -0.1) is 0 Å². The molecule has 0 saturated carbocycles. The topological polar surface area (TPSA) is 78.7 Å². The quantitative estimate of drug-likeness (QED) is 0.504. The largest absolute Gasteiger partial charge is 0.465 e. The van der Waals surface area contributed by atoms with E-state index in [0.717, 1.165) is 10.7 Å². The van der Waals surface area contributed by atoms with Gasteiger partial charge in [0.2, 0.25) is 5.91 Å². The summed E-state index contributed by atoms with van der Waals surface area (Å²) in [5, 5.41) is 12.9. The number of alkyl halides is 6. The van der Waals surface area contributed by atoms with Gasteiger partial charge in [0.1, 0.15) is 11.9 Å². The molecule has 2 amide bonds. The number of halogens is 8. The standard InChI is InChI=1S/C23H22ClF7N4O3/c24-14-2-1-13(16(25)9-14)10-35-17-11-33(5-4-15(17)20(32-35)23(29,30)31)19(36)8-12-3-6-34(21(37)38)18(7-12)22(26,27)28/h1-2,9,12,18H,3-8,10-11H2,(H,37,38). The van der Waals surface area contributed by atoms with Crippen molar-refractivity contribution in [1.82, 2.24) is 19.6 Å². The highest BCUT2D eigenvalue weighted by molar-refractivity contribution is 6.30. The summed E-state index contributed by atoms with van der Waals surface area (Å²) in [4.78, 5) is 25.8. The molecule has 2 aliphatic rings. The highest BCUT2D eigenvalue weighted by Crippen LogP contribution is 2.38. The molecule has 208 valence electrons. The monoisotopic (exact) mass is 570 g/mol. The summed E-state index contributed by atoms with van der Waals surface area (Å²) < 4.78 is 96.6. The van der Waals surface area contributed by atoms with Crippen molar-refractivity contribution in [2.24, 2.45) is 5.92 Å². The molecule has 1 saturated heterocycles. The van der Waals surface area contributed by atoms with Gasteiger partial charge in [-0.25, -0.2) is 9.18 Å². The van der Waals surface area contributed by atoms with Crippen LogP contribution in [0.3, 0.4) is 0 Å². The van der Waals surface area contributed by atoms with Crippen LogP contribution in [0.4, 0.5) is 35.5 Å². The Morgan fingerprint density at radius 2 is 1.84 bits per heavy atom. The Morgan fingerprint density at radius 3 is 2.45 bits per heavy atom. The van der Waals surface area contributed by atoms with Gasteiger partial charge in [-0.1, -0.05) is 17.7 Å². The molecule has 1 aromatic carbocycles. The Balaban J connectivity index is 1.53. The first kappa shape index (κ1) is 28.0. The number of carboxylic acid groups (broad SMARTS) is 1. The molecule has 1 fully saturated rings. The number of hydrogen-bond acceptors (Lipinski definition) is 3. The lowest BCUT2D eigenvalue weighted by atomic mass is 9.87. The van der Waals surface area contributed by atoms with Gasteiger partial charge in [-0.05, 0) is 37.3 Å². The van der Waals surface area contributed by atoms with Crippen molar-refractivity contribution in [1.29, 1.82) is 0 Å². The van der Waals surface area contributed by atoms with Crippen LogP contribution in [0.15, 0.2) is 18.2 Å². The Bertz CT molecular complexity index is 1230. The number of piperidine rings is 1. The molecule has 2 atom stereocenters. The zero-order valence-electron chi connectivity index (χ0n) is 19.6. The van der Waals surface area contributed by atoms with E-state index in [0.29, 0.717) is 4.90 Å². The molecule has 3 heterocycles. The second-order valence-corrected chi connectivity index (χ2v) is 9.79. The maximum absolute atomic E-state index is 14.3. The van der Waals surface area contributed by atoms with E-state index < -0.39 is 60.8 Å². The Hall–Kier alpha value is -3.03. The van der Waals surface area contributed by atoms with Crippen LogP contribution >= 0.6 is 11.6 Å². The molecule has 1 aromatic heterocycles. The van der Waals surface area contributed by atoms with Crippen LogP contribution in [0.2, 0.25) is 5.02 Å². The second kappa shape index (κ2) is 10.3. The van der Waals surface area contributed by atoms with Gasteiger partial charge in [0.05, 0.1) is 18.8 Å². The van der Waals surface area contributed by atoms with E-state index in [4.69, 9.17) is 16.7 Å². The first-order valence-corrected chi connectivity index (χ1v) is 12.0. The van der Waals surface area contributed by atoms with Crippen molar-refractivity contribution in [3.63, 3.8) is 0 Å². The van der Waals surface area contributed by atoms with Crippen LogP contribution in [-0.2, 0) is 30.5 Å². The zero-order chi connectivity index (χ0) is 28.0. The first-order valence-electron chi connectivity index (χ1n) is 11.6. The van der Waals surface area contributed by atoms with Crippen LogP contribution in [-0.4, -0.2) is 62.0 Å². The molecule has 38 heavy (non-hydrogen) atoms. The molecule has 2 aromatic rings. The van der Waals surface area contributed by atoms with Crippen molar-refractivity contribution < 1.29 is 45.4 Å². The molecule has 0 spiro atoms. The second-order valence-electron chi connectivity index (χ2n) is 9.36. The van der Waals surface area contributed by atoms with Crippen LogP contribution in [0.5, 0.6) is 0 Å². The van der Waals surface area contributed by atoms with Crippen LogP contribution in [0.25, 0.3) is 0 Å². The molecule has 7 nitrogen and oxygen atoms in total. The van der Waals surface area contributed by atoms with Crippen molar-refractivity contribution in [3.8, 4) is 0 Å². The van der Waals surface area contributed by atoms with E-state index >= 15 is 0 Å². The molecule has 2 unspecified atom stereocenters. The van der Waals surface area contributed by atoms with Gasteiger partial charge >= 0.3 is 18.4 Å². The Morgan fingerprint density at radius 1 is 1.13 bits per heavy atom. The molecule has 15 heteroatoms. The minimum absolute atomic E-state index is 0.0280. The molecule has 0 bridgehead atoms. The van der Waals surface area contributed by atoms with E-state index in [2.05, 4.69) is 5.10 Å². The number of likely N-dealkylation sites (tertiary alicyclic amines) is 1. The summed E-state index contributed by atoms with van der Waals surface area (Å²) in [5.74, 6) is -2.07. The molecule has 4 rings (SSSR count). The molecule has 0 radical (unpaired) electrons. The number of aromatic nitrogens is 2. The number of carbonyl (C=O) groups is 2. The number of carbonyl (C=O) groups excluding carboxylic acids is 1. The number of nitrogens with zero attached hydrogens (tertiary/aromatic N) is 4. The summed E-state index contributed by atoms with van der Waals surface area (Å²) in [7, 11) is 0. The lowest BCUT2D eigenvalue weighted by molar-refractivity contribution is -0.189. The molecular weight excluding hydrogens is 549 g/mol. The fourth-order valence-corrected chi connectivity index (χ4v) is 5.16. The number of fused-ring (bicyclic) bond motifs is 1. The number of hydrogen-bond donors (Lipinski definition) is 1. The van der Waals surface area contributed by atoms with Gasteiger partial charge < -0.3 is 10.0 Å². The minimum Gasteiger partial charge on any atom is -0.465 e. The summed E-state index contributed by atoms with van der Waals surface area (Å²) in [5.41, 5.74) is -1.17. The lowest BCUT2D eigenvalue weighted by Crippen LogP contribution is -2.53. The lowest BCUT2D eigenvalue weighted by Gasteiger charge is -2.39. The van der Waals surface area contributed by atoms with E-state index in [1.54, 1.807) is 0 Å². The Kier molecular flexibility index (Phi) is 7.56. The van der Waals surface area contributed by atoms with Crippen molar-refractivity contribution in [2.45, 2.75) is 57.2 Å². The zero-order valence-corrected chi connectivity index (χ0v) is 20.4. The van der Waals surface area contributed by atoms with Gasteiger partial charge in [0.15, 0.2) is 5.69 Å². The highest BCUT2D eigenvalue weighted by atomic mass is 35.5. The normalized spacial score (nSPS) is 20.4. The highest BCUT2D eigenvalue weighted by Gasteiger charge is 2.49. The number of rotatable bonds is 4. The number of amides is 2. The van der Waals surface area contributed by atoms with Crippen molar-refractivity contribution >= 4 is 23.6 Å². The number of benzene rings is 1. The van der Waals surface area contributed by atoms with E-state index in [1.165, 1.54) is 17.0 Å². The summed E-state index contributed by atoms with van der Waals surface area (Å²) in [6, 6.07) is 1.45. The van der Waals surface area contributed by atoms with E-state index in [9.17, 15) is 40.3 Å². The molecule has 0 aliphatic carbocycles. The predicted molar refractivity (Wildman–Crippen MR) is 119 cm³/mol. The maximum Gasteiger partial charge on any atom is 0.435 e. The van der Waals surface area contributed by atoms with Gasteiger partial charge in [-0.2, -0.15) is 31.4 Å². The third-order valence-electron chi connectivity index (χ3n) is 6.89. The van der Waals surface area contributed by atoms with Gasteiger partial charge in [0.25, 0.3) is 0 Å². The average Bonchev–Trinajstić information content (AvgIpc) is 3.18. The van der Waals surface area contributed by atoms with E-state index in [1.807, 2.05) is 0 Å². The molecule has 2 aliphatic heterocycles. The third-order valence-corrected chi connectivity index (χ3v) is 7.13. The van der Waals surface area contributed by atoms with Crippen LogP contribution in [0, 0.1) is 11.7 Å². The predicted octanol–water partition coefficient (Wildman–Crippen LogP) is 5.34. The van der Waals surface area contributed by atoms with E-state index in [-0.39, 0.29) is 60.7 Å². The van der Waals surface area contributed by atoms with Crippen molar-refractivity contribution in [3.05, 3.63) is 51.6 Å². The molecule has 1 N–H and O–H groups in total. The van der Waals surface area contributed by atoms with Gasteiger partial charge in [-0.3, -0.25) is 14.4 Å². The average molecular weight is 571 g/mol. The minimum atomic E-state index is -4.81. The Labute approximate surface area is 216 Å². The summed E-state index contributed by atoms with van der Waals surface area (Å²) in [6.07, 6.45) is -12.4. The first-order chi connectivity index (χ1) is 17.6. The van der Waals surface area contributed by atoms with Gasteiger partial charge in [0, 0.05) is 35.7 Å². The summed E-state index contributed by atoms with van der Waals surface area (Å²) >= 11 is 5.74. The molecular formula is C23H22ClF7N4O3. The van der Waals surface area contributed by atoms with Crippen LogP contribution in [0.1, 0.15) is 41.8 Å². The van der Waals surface area contributed by atoms with Crippen molar-refractivity contribution in [2.75, 3.05) is 13.1 Å². The van der Waals surface area contributed by atoms with Crippen LogP contribution < -0.4 is 0 Å². The fourth-order valence-electron chi connectivity index (χ4n) is 5.00.